The summed E-state index contributed by atoms with van der Waals surface area (Å²) in [6.45, 7) is 4.01. The monoisotopic (exact) mass is 178 g/mol. The van der Waals surface area contributed by atoms with Crippen molar-refractivity contribution >= 4 is 5.97 Å². The van der Waals surface area contributed by atoms with Gasteiger partial charge in [0.05, 0.1) is 6.42 Å². The van der Waals surface area contributed by atoms with E-state index < -0.39 is 5.97 Å². The number of hydrogen-bond donors (Lipinski definition) is 1. The number of carboxylic acids is 1. The molecule has 1 aromatic carbocycles. The molecular formula is C11H14O2. The van der Waals surface area contributed by atoms with Gasteiger partial charge in [0.2, 0.25) is 0 Å². The number of aliphatic carboxylic acids is 1. The molecule has 0 aliphatic heterocycles. The maximum absolute atomic E-state index is 10.5. The van der Waals surface area contributed by atoms with Crippen LogP contribution >= 0.6 is 0 Å². The highest BCUT2D eigenvalue weighted by molar-refractivity contribution is 5.70. The molecule has 1 aromatic rings. The molecule has 0 saturated heterocycles. The molecule has 70 valence electrons. The SMILES string of the molecule is CCc1ccc(C)c(CC(=O)O)c1. The van der Waals surface area contributed by atoms with E-state index in [-0.39, 0.29) is 6.42 Å². The summed E-state index contributed by atoms with van der Waals surface area (Å²) in [5, 5.41) is 8.65. The Hall–Kier alpha value is -1.31. The zero-order chi connectivity index (χ0) is 9.84. The summed E-state index contributed by atoms with van der Waals surface area (Å²) >= 11 is 0. The van der Waals surface area contributed by atoms with Gasteiger partial charge in [0.15, 0.2) is 0 Å². The molecule has 0 aromatic heterocycles. The summed E-state index contributed by atoms with van der Waals surface area (Å²) in [5.41, 5.74) is 3.17. The van der Waals surface area contributed by atoms with E-state index in [1.165, 1.54) is 5.56 Å². The maximum Gasteiger partial charge on any atom is 0.307 e. The zero-order valence-electron chi connectivity index (χ0n) is 8.00. The minimum Gasteiger partial charge on any atom is -0.481 e. The predicted molar refractivity (Wildman–Crippen MR) is 51.9 cm³/mol. The van der Waals surface area contributed by atoms with Gasteiger partial charge in [0.25, 0.3) is 0 Å². The van der Waals surface area contributed by atoms with Crippen molar-refractivity contribution in [2.45, 2.75) is 26.7 Å². The van der Waals surface area contributed by atoms with Crippen LogP contribution in [0.15, 0.2) is 18.2 Å². The highest BCUT2D eigenvalue weighted by Gasteiger charge is 2.04. The molecular weight excluding hydrogens is 164 g/mol. The molecule has 0 aliphatic carbocycles. The highest BCUT2D eigenvalue weighted by atomic mass is 16.4. The second kappa shape index (κ2) is 4.08. The molecule has 0 amide bonds. The van der Waals surface area contributed by atoms with Gasteiger partial charge in [-0.15, -0.1) is 0 Å². The fourth-order valence-corrected chi connectivity index (χ4v) is 1.30. The third-order valence-electron chi connectivity index (χ3n) is 2.16. The van der Waals surface area contributed by atoms with Crippen molar-refractivity contribution in [2.24, 2.45) is 0 Å². The summed E-state index contributed by atoms with van der Waals surface area (Å²) in [6.07, 6.45) is 1.08. The van der Waals surface area contributed by atoms with Gasteiger partial charge in [-0.05, 0) is 30.0 Å². The van der Waals surface area contributed by atoms with E-state index in [1.807, 2.05) is 25.1 Å². The molecule has 0 spiro atoms. The predicted octanol–water partition coefficient (Wildman–Crippen LogP) is 2.18. The molecule has 2 nitrogen and oxygen atoms in total. The normalized spacial score (nSPS) is 10.0. The number of hydrogen-bond acceptors (Lipinski definition) is 1. The lowest BCUT2D eigenvalue weighted by atomic mass is 10.0. The molecule has 13 heavy (non-hydrogen) atoms. The van der Waals surface area contributed by atoms with Crippen LogP contribution in [-0.2, 0) is 17.6 Å². The Morgan fingerprint density at radius 3 is 2.69 bits per heavy atom. The quantitative estimate of drug-likeness (QED) is 0.770. The first-order valence-corrected chi connectivity index (χ1v) is 4.43. The van der Waals surface area contributed by atoms with Crippen LogP contribution in [0.2, 0.25) is 0 Å². The van der Waals surface area contributed by atoms with Crippen LogP contribution in [0.5, 0.6) is 0 Å². The molecule has 0 radical (unpaired) electrons. The molecule has 0 heterocycles. The number of carbonyl (C=O) groups is 1. The Morgan fingerprint density at radius 1 is 1.46 bits per heavy atom. The Morgan fingerprint density at radius 2 is 2.15 bits per heavy atom. The lowest BCUT2D eigenvalue weighted by Gasteiger charge is -2.04. The second-order valence-corrected chi connectivity index (χ2v) is 3.18. The van der Waals surface area contributed by atoms with Crippen molar-refractivity contribution in [2.75, 3.05) is 0 Å². The van der Waals surface area contributed by atoms with E-state index in [0.717, 1.165) is 17.5 Å². The van der Waals surface area contributed by atoms with Gasteiger partial charge < -0.3 is 5.11 Å². The van der Waals surface area contributed by atoms with Gasteiger partial charge in [0.1, 0.15) is 0 Å². The Balaban J connectivity index is 2.96. The van der Waals surface area contributed by atoms with E-state index in [0.29, 0.717) is 0 Å². The second-order valence-electron chi connectivity index (χ2n) is 3.18. The van der Waals surface area contributed by atoms with E-state index >= 15 is 0 Å². The van der Waals surface area contributed by atoms with E-state index in [9.17, 15) is 4.79 Å². The average Bonchev–Trinajstić information content (AvgIpc) is 2.08. The van der Waals surface area contributed by atoms with E-state index in [1.54, 1.807) is 0 Å². The number of benzene rings is 1. The van der Waals surface area contributed by atoms with Crippen LogP contribution < -0.4 is 0 Å². The van der Waals surface area contributed by atoms with Crippen LogP contribution in [0.4, 0.5) is 0 Å². The molecule has 1 N–H and O–H groups in total. The molecule has 1 rings (SSSR count). The molecule has 0 aliphatic rings. The van der Waals surface area contributed by atoms with Crippen molar-refractivity contribution in [3.8, 4) is 0 Å². The minimum absolute atomic E-state index is 0.125. The van der Waals surface area contributed by atoms with Gasteiger partial charge in [-0.1, -0.05) is 25.1 Å². The Kier molecular flexibility index (Phi) is 3.07. The zero-order valence-corrected chi connectivity index (χ0v) is 8.00. The molecule has 0 fully saturated rings. The average molecular weight is 178 g/mol. The van der Waals surface area contributed by atoms with Crippen LogP contribution in [0.3, 0.4) is 0 Å². The van der Waals surface area contributed by atoms with Gasteiger partial charge in [-0.25, -0.2) is 0 Å². The number of carboxylic acid groups (broad SMARTS) is 1. The van der Waals surface area contributed by atoms with Crippen molar-refractivity contribution < 1.29 is 9.90 Å². The van der Waals surface area contributed by atoms with E-state index in [4.69, 9.17) is 5.11 Å². The molecule has 0 saturated carbocycles. The standard InChI is InChI=1S/C11H14O2/c1-3-9-5-4-8(2)10(6-9)7-11(12)13/h4-6H,3,7H2,1-2H3,(H,12,13). The summed E-state index contributed by atoms with van der Waals surface area (Å²) in [5.74, 6) is -0.767. The molecule has 2 heteroatoms. The minimum atomic E-state index is -0.767. The molecule has 0 atom stereocenters. The highest BCUT2D eigenvalue weighted by Crippen LogP contribution is 2.12. The fraction of sp³-hybridized carbons (Fsp3) is 0.364. The van der Waals surface area contributed by atoms with Crippen molar-refractivity contribution in [3.05, 3.63) is 34.9 Å². The fourth-order valence-electron chi connectivity index (χ4n) is 1.30. The first kappa shape index (κ1) is 9.78. The number of aryl methyl sites for hydroxylation is 2. The largest absolute Gasteiger partial charge is 0.481 e. The number of rotatable bonds is 3. The van der Waals surface area contributed by atoms with Crippen molar-refractivity contribution in [1.82, 2.24) is 0 Å². The summed E-state index contributed by atoms with van der Waals surface area (Å²) in [6, 6.07) is 6.00. The van der Waals surface area contributed by atoms with Crippen molar-refractivity contribution in [1.29, 1.82) is 0 Å². The van der Waals surface area contributed by atoms with Gasteiger partial charge in [-0.3, -0.25) is 4.79 Å². The van der Waals surface area contributed by atoms with Gasteiger partial charge in [-0.2, -0.15) is 0 Å². The van der Waals surface area contributed by atoms with E-state index in [2.05, 4.69) is 6.92 Å². The Labute approximate surface area is 78.2 Å². The smallest absolute Gasteiger partial charge is 0.307 e. The van der Waals surface area contributed by atoms with Gasteiger partial charge in [0, 0.05) is 0 Å². The van der Waals surface area contributed by atoms with Crippen LogP contribution in [0.25, 0.3) is 0 Å². The first-order chi connectivity index (χ1) is 6.13. The van der Waals surface area contributed by atoms with Gasteiger partial charge >= 0.3 is 5.97 Å². The van der Waals surface area contributed by atoms with Crippen molar-refractivity contribution in [3.63, 3.8) is 0 Å². The van der Waals surface area contributed by atoms with Crippen LogP contribution in [-0.4, -0.2) is 11.1 Å². The maximum atomic E-state index is 10.5. The lowest BCUT2D eigenvalue weighted by Crippen LogP contribution is -2.02. The third-order valence-corrected chi connectivity index (χ3v) is 2.16. The Bertz CT molecular complexity index is 316. The summed E-state index contributed by atoms with van der Waals surface area (Å²) < 4.78 is 0. The topological polar surface area (TPSA) is 37.3 Å². The third kappa shape index (κ3) is 2.58. The van der Waals surface area contributed by atoms with Crippen LogP contribution in [0, 0.1) is 6.92 Å². The first-order valence-electron chi connectivity index (χ1n) is 4.43. The molecule has 0 unspecified atom stereocenters. The lowest BCUT2D eigenvalue weighted by molar-refractivity contribution is -0.136. The molecule has 0 bridgehead atoms. The van der Waals surface area contributed by atoms with Crippen LogP contribution in [0.1, 0.15) is 23.6 Å². The summed E-state index contributed by atoms with van der Waals surface area (Å²) in [7, 11) is 0. The summed E-state index contributed by atoms with van der Waals surface area (Å²) in [4.78, 5) is 10.5.